The molecule has 28 heavy (non-hydrogen) atoms. The van der Waals surface area contributed by atoms with Crippen LogP contribution in [0.4, 0.5) is 24.5 Å². The van der Waals surface area contributed by atoms with Gasteiger partial charge in [-0.2, -0.15) is 18.0 Å². The summed E-state index contributed by atoms with van der Waals surface area (Å²) < 4.78 is 43.5. The molecule has 2 aromatic carbocycles. The number of benzene rings is 2. The Morgan fingerprint density at radius 2 is 1.71 bits per heavy atom. The molecule has 0 aliphatic carbocycles. The van der Waals surface area contributed by atoms with Gasteiger partial charge in [0.15, 0.2) is 0 Å². The van der Waals surface area contributed by atoms with E-state index in [4.69, 9.17) is 4.74 Å². The average Bonchev–Trinajstić information content (AvgIpc) is 3.17. The minimum atomic E-state index is -4.37. The van der Waals surface area contributed by atoms with E-state index in [1.807, 2.05) is 32.0 Å². The summed E-state index contributed by atoms with van der Waals surface area (Å²) in [6.07, 6.45) is -4.46. The zero-order valence-electron chi connectivity index (χ0n) is 15.6. The molecule has 9 heteroatoms. The minimum absolute atomic E-state index is 0.0948. The van der Waals surface area contributed by atoms with E-state index >= 15 is 0 Å². The maximum Gasteiger partial charge on any atom is 0.416 e. The molecule has 148 valence electrons. The van der Waals surface area contributed by atoms with Gasteiger partial charge in [0.05, 0.1) is 17.7 Å². The van der Waals surface area contributed by atoms with Crippen LogP contribution < -0.4 is 5.32 Å². The molecule has 0 amide bonds. The standard InChI is InChI=1S/C19H20F3N5O/c1-12(13(2)28-3)27-25-18(24-26-27)16-6-4-5-7-17(16)23-15-10-8-14(9-11-15)19(20,21)22/h4-13,23H,1-3H3/t12?,13-/m0/s1. The lowest BCUT2D eigenvalue weighted by atomic mass is 10.1. The number of anilines is 2. The van der Waals surface area contributed by atoms with E-state index in [9.17, 15) is 13.2 Å². The lowest BCUT2D eigenvalue weighted by Gasteiger charge is -2.16. The molecule has 6 nitrogen and oxygen atoms in total. The minimum Gasteiger partial charge on any atom is -0.379 e. The molecule has 0 bridgehead atoms. The van der Waals surface area contributed by atoms with Gasteiger partial charge in [0, 0.05) is 24.0 Å². The van der Waals surface area contributed by atoms with Gasteiger partial charge < -0.3 is 10.1 Å². The number of rotatable bonds is 6. The van der Waals surface area contributed by atoms with Crippen molar-refractivity contribution in [2.75, 3.05) is 12.4 Å². The predicted molar refractivity (Wildman–Crippen MR) is 99.2 cm³/mol. The van der Waals surface area contributed by atoms with Gasteiger partial charge in [-0.3, -0.25) is 0 Å². The Morgan fingerprint density at radius 3 is 2.36 bits per heavy atom. The Balaban J connectivity index is 1.85. The first-order chi connectivity index (χ1) is 13.3. The normalized spacial score (nSPS) is 13.9. The number of nitrogens with one attached hydrogen (secondary N) is 1. The fraction of sp³-hybridized carbons (Fsp3) is 0.316. The Bertz CT molecular complexity index is 924. The molecule has 0 aliphatic heterocycles. The topological polar surface area (TPSA) is 64.9 Å². The maximum absolute atomic E-state index is 12.7. The number of aromatic nitrogens is 4. The van der Waals surface area contributed by atoms with Crippen LogP contribution in [0, 0.1) is 0 Å². The Kier molecular flexibility index (Phi) is 5.64. The molecule has 0 saturated heterocycles. The van der Waals surface area contributed by atoms with Crippen molar-refractivity contribution in [3.8, 4) is 11.4 Å². The quantitative estimate of drug-likeness (QED) is 0.660. The molecule has 3 rings (SSSR count). The van der Waals surface area contributed by atoms with Crippen molar-refractivity contribution in [3.05, 3.63) is 54.1 Å². The monoisotopic (exact) mass is 391 g/mol. The van der Waals surface area contributed by atoms with Crippen molar-refractivity contribution in [2.45, 2.75) is 32.2 Å². The molecule has 3 aromatic rings. The van der Waals surface area contributed by atoms with Crippen molar-refractivity contribution < 1.29 is 17.9 Å². The Labute approximate surface area is 160 Å². The number of hydrogen-bond donors (Lipinski definition) is 1. The summed E-state index contributed by atoms with van der Waals surface area (Å²) in [4.78, 5) is 1.48. The molecule has 0 radical (unpaired) electrons. The third-order valence-corrected chi connectivity index (χ3v) is 4.50. The summed E-state index contributed by atoms with van der Waals surface area (Å²) in [6.45, 7) is 3.83. The number of halogens is 3. The third-order valence-electron chi connectivity index (χ3n) is 4.50. The second-order valence-corrected chi connectivity index (χ2v) is 6.36. The van der Waals surface area contributed by atoms with E-state index in [-0.39, 0.29) is 12.1 Å². The van der Waals surface area contributed by atoms with Crippen LogP contribution in [0.5, 0.6) is 0 Å². The van der Waals surface area contributed by atoms with Gasteiger partial charge in [0.25, 0.3) is 0 Å². The number of alkyl halides is 3. The fourth-order valence-corrected chi connectivity index (χ4v) is 2.58. The summed E-state index contributed by atoms with van der Waals surface area (Å²) >= 11 is 0. The van der Waals surface area contributed by atoms with Crippen molar-refractivity contribution in [1.82, 2.24) is 20.2 Å². The average molecular weight is 391 g/mol. The molecular weight excluding hydrogens is 371 g/mol. The molecule has 1 aromatic heterocycles. The summed E-state index contributed by atoms with van der Waals surface area (Å²) in [5.41, 5.74) is 1.17. The smallest absolute Gasteiger partial charge is 0.379 e. The van der Waals surface area contributed by atoms with E-state index in [0.29, 0.717) is 22.8 Å². The molecule has 0 aliphatic rings. The van der Waals surface area contributed by atoms with Gasteiger partial charge in [-0.1, -0.05) is 12.1 Å². The maximum atomic E-state index is 12.7. The zero-order chi connectivity index (χ0) is 20.3. The van der Waals surface area contributed by atoms with Crippen molar-refractivity contribution in [2.24, 2.45) is 0 Å². The second kappa shape index (κ2) is 7.97. The lowest BCUT2D eigenvalue weighted by molar-refractivity contribution is -0.137. The summed E-state index contributed by atoms with van der Waals surface area (Å²) in [5, 5.41) is 15.7. The van der Waals surface area contributed by atoms with Gasteiger partial charge in [-0.15, -0.1) is 10.2 Å². The fourth-order valence-electron chi connectivity index (χ4n) is 2.58. The molecule has 0 saturated carbocycles. The number of nitrogens with zero attached hydrogens (tertiary/aromatic N) is 4. The number of ether oxygens (including phenoxy) is 1. The number of methoxy groups -OCH3 is 1. The molecule has 2 atom stereocenters. The van der Waals surface area contributed by atoms with Crippen molar-refractivity contribution in [3.63, 3.8) is 0 Å². The SMILES string of the molecule is CO[C@@H](C)C(C)n1nnc(-c2ccccc2Nc2ccc(C(F)(F)F)cc2)n1. The molecule has 0 fully saturated rings. The van der Waals surface area contributed by atoms with Crippen molar-refractivity contribution >= 4 is 11.4 Å². The highest BCUT2D eigenvalue weighted by Crippen LogP contribution is 2.32. The van der Waals surface area contributed by atoms with Crippen LogP contribution in [0.15, 0.2) is 48.5 Å². The van der Waals surface area contributed by atoms with E-state index < -0.39 is 11.7 Å². The lowest BCUT2D eigenvalue weighted by Crippen LogP contribution is -2.22. The highest BCUT2D eigenvalue weighted by atomic mass is 19.4. The van der Waals surface area contributed by atoms with Gasteiger partial charge >= 0.3 is 6.18 Å². The molecule has 0 spiro atoms. The van der Waals surface area contributed by atoms with Gasteiger partial charge in [-0.05, 0) is 55.5 Å². The molecular formula is C19H20F3N5O. The first-order valence-electron chi connectivity index (χ1n) is 8.65. The first kappa shape index (κ1) is 19.8. The number of para-hydroxylation sites is 1. The van der Waals surface area contributed by atoms with Crippen LogP contribution in [-0.4, -0.2) is 33.4 Å². The number of tetrazole rings is 1. The zero-order valence-corrected chi connectivity index (χ0v) is 15.6. The van der Waals surface area contributed by atoms with Crippen LogP contribution in [0.3, 0.4) is 0 Å². The van der Waals surface area contributed by atoms with Crippen LogP contribution in [0.2, 0.25) is 0 Å². The van der Waals surface area contributed by atoms with E-state index in [1.165, 1.54) is 16.9 Å². The molecule has 1 heterocycles. The number of hydrogen-bond acceptors (Lipinski definition) is 5. The second-order valence-electron chi connectivity index (χ2n) is 6.36. The Hall–Kier alpha value is -2.94. The van der Waals surface area contributed by atoms with E-state index in [0.717, 1.165) is 12.1 Å². The van der Waals surface area contributed by atoms with Gasteiger partial charge in [-0.25, -0.2) is 0 Å². The van der Waals surface area contributed by atoms with Gasteiger partial charge in [0.2, 0.25) is 5.82 Å². The van der Waals surface area contributed by atoms with Gasteiger partial charge in [0.1, 0.15) is 0 Å². The highest BCUT2D eigenvalue weighted by molar-refractivity contribution is 5.77. The molecule has 1 unspecified atom stereocenters. The van der Waals surface area contributed by atoms with Crippen LogP contribution in [0.25, 0.3) is 11.4 Å². The third kappa shape index (κ3) is 4.30. The predicted octanol–water partition coefficient (Wildman–Crippen LogP) is 4.70. The highest BCUT2D eigenvalue weighted by Gasteiger charge is 2.30. The van der Waals surface area contributed by atoms with Crippen LogP contribution in [-0.2, 0) is 10.9 Å². The Morgan fingerprint density at radius 1 is 1.04 bits per heavy atom. The summed E-state index contributed by atoms with van der Waals surface area (Å²) in [7, 11) is 1.61. The molecule has 1 N–H and O–H groups in total. The first-order valence-corrected chi connectivity index (χ1v) is 8.65. The van der Waals surface area contributed by atoms with E-state index in [1.54, 1.807) is 13.2 Å². The summed E-state index contributed by atoms with van der Waals surface area (Å²) in [6, 6.07) is 12.0. The van der Waals surface area contributed by atoms with Crippen LogP contribution >= 0.6 is 0 Å². The van der Waals surface area contributed by atoms with Crippen molar-refractivity contribution in [1.29, 1.82) is 0 Å². The largest absolute Gasteiger partial charge is 0.416 e. The van der Waals surface area contributed by atoms with E-state index in [2.05, 4.69) is 20.7 Å². The van der Waals surface area contributed by atoms with Crippen LogP contribution in [0.1, 0.15) is 25.5 Å². The summed E-state index contributed by atoms with van der Waals surface area (Å²) in [5.74, 6) is 0.408.